The molecule has 9 nitrogen and oxygen atoms in total. The summed E-state index contributed by atoms with van der Waals surface area (Å²) in [5.74, 6) is -1.50. The second-order valence-corrected chi connectivity index (χ2v) is 9.16. The molecule has 1 saturated heterocycles. The van der Waals surface area contributed by atoms with E-state index in [-0.39, 0.29) is 49.3 Å². The molecule has 2 aromatic rings. The number of ether oxygens (including phenoxy) is 2. The Morgan fingerprint density at radius 3 is 2.68 bits per heavy atom. The number of carbonyl (C=O) groups is 3. The molecule has 0 saturated carbocycles. The lowest BCUT2D eigenvalue weighted by molar-refractivity contribution is -0.126. The van der Waals surface area contributed by atoms with Crippen molar-refractivity contribution in [1.29, 1.82) is 0 Å². The van der Waals surface area contributed by atoms with E-state index in [0.29, 0.717) is 9.21 Å². The van der Waals surface area contributed by atoms with Crippen molar-refractivity contribution in [3.05, 3.63) is 39.5 Å². The molecule has 13 heteroatoms. The van der Waals surface area contributed by atoms with E-state index >= 15 is 0 Å². The van der Waals surface area contributed by atoms with Crippen molar-refractivity contribution in [2.24, 2.45) is 0 Å². The maximum absolute atomic E-state index is 13.0. The number of halogens is 3. The summed E-state index contributed by atoms with van der Waals surface area (Å²) in [7, 11) is 3.33. The smallest absolute Gasteiger partial charge is 0.387 e. The topological polar surface area (TPSA) is 100 Å². The van der Waals surface area contributed by atoms with Crippen LogP contribution in [0, 0.1) is 0 Å². The Bertz CT molecular complexity index is 1050. The molecule has 2 heterocycles. The van der Waals surface area contributed by atoms with Gasteiger partial charge in [0.05, 0.1) is 21.5 Å². The van der Waals surface area contributed by atoms with Crippen LogP contribution in [0.3, 0.4) is 0 Å². The highest BCUT2D eigenvalue weighted by Gasteiger charge is 2.26. The molecule has 0 bridgehead atoms. The zero-order valence-corrected chi connectivity index (χ0v) is 19.9. The number of carbonyl (C=O) groups excluding carboxylic acids is 3. The summed E-state index contributed by atoms with van der Waals surface area (Å²) in [5, 5.41) is 5.33. The summed E-state index contributed by atoms with van der Waals surface area (Å²) < 4.78 is 36.2. The van der Waals surface area contributed by atoms with Crippen LogP contribution < -0.4 is 20.3 Å². The van der Waals surface area contributed by atoms with Gasteiger partial charge in [0, 0.05) is 24.8 Å². The maximum atomic E-state index is 13.0. The van der Waals surface area contributed by atoms with Gasteiger partial charge in [-0.3, -0.25) is 19.3 Å². The average Bonchev–Trinajstić information content (AvgIpc) is 3.20. The third-order valence-corrected chi connectivity index (χ3v) is 6.13. The minimum absolute atomic E-state index is 0.00601. The van der Waals surface area contributed by atoms with Crippen molar-refractivity contribution in [3.63, 3.8) is 0 Å². The normalized spacial score (nSPS) is 14.9. The second-order valence-electron chi connectivity index (χ2n) is 7.44. The van der Waals surface area contributed by atoms with Gasteiger partial charge in [0.15, 0.2) is 5.75 Å². The predicted molar refractivity (Wildman–Crippen MR) is 124 cm³/mol. The fourth-order valence-corrected chi connectivity index (χ4v) is 4.19. The summed E-state index contributed by atoms with van der Waals surface area (Å²) in [5.41, 5.74) is 0.339. The number of morpholine rings is 1. The van der Waals surface area contributed by atoms with E-state index in [9.17, 15) is 23.2 Å². The highest BCUT2D eigenvalue weighted by Crippen LogP contribution is 2.33. The van der Waals surface area contributed by atoms with Crippen LogP contribution in [0.25, 0.3) is 0 Å². The van der Waals surface area contributed by atoms with Crippen LogP contribution in [0.2, 0.25) is 4.34 Å². The van der Waals surface area contributed by atoms with E-state index in [1.807, 2.05) is 0 Å². The summed E-state index contributed by atoms with van der Waals surface area (Å²) in [6.07, 6.45) is 0. The molecular formula is C21H23ClF2N4O5S. The van der Waals surface area contributed by atoms with Crippen molar-refractivity contribution >= 4 is 52.0 Å². The number of hydrogen-bond donors (Lipinski definition) is 2. The number of nitrogens with zero attached hydrogens (tertiary/aromatic N) is 2. The molecule has 1 aliphatic rings. The molecule has 0 spiro atoms. The quantitative estimate of drug-likeness (QED) is 0.531. The zero-order valence-electron chi connectivity index (χ0n) is 18.3. The first-order valence-corrected chi connectivity index (χ1v) is 11.3. The van der Waals surface area contributed by atoms with E-state index in [4.69, 9.17) is 16.3 Å². The Morgan fingerprint density at radius 2 is 2.06 bits per heavy atom. The number of hydrogen-bond acceptors (Lipinski definition) is 7. The van der Waals surface area contributed by atoms with Crippen LogP contribution >= 0.6 is 22.9 Å². The fraction of sp³-hybridized carbons (Fsp3) is 0.381. The van der Waals surface area contributed by atoms with Gasteiger partial charge in [-0.15, -0.1) is 11.3 Å². The fourth-order valence-electron chi connectivity index (χ4n) is 3.23. The van der Waals surface area contributed by atoms with Crippen LogP contribution in [-0.4, -0.2) is 75.7 Å². The Kier molecular flexibility index (Phi) is 8.78. The van der Waals surface area contributed by atoms with Crippen molar-refractivity contribution in [3.8, 4) is 5.75 Å². The number of thiophene rings is 1. The van der Waals surface area contributed by atoms with Gasteiger partial charge in [-0.05, 0) is 38.4 Å². The molecule has 1 aromatic carbocycles. The Morgan fingerprint density at radius 1 is 1.29 bits per heavy atom. The minimum Gasteiger partial charge on any atom is -0.433 e. The molecule has 3 amide bonds. The maximum Gasteiger partial charge on any atom is 0.387 e. The standard InChI is InChI=1S/C21H23ClF2N4O5S/c1-27(2)14(10-25-20(31)16-5-6-17(22)34-16)19(30)26-12-3-4-13(15(9-12)33-21(23)24)28-7-8-32-11-18(28)29/h3-6,9,14,21H,7-8,10-11H2,1-2H3,(H,25,31)(H,26,30)/t14-/m1/s1. The Labute approximate surface area is 203 Å². The number of nitrogens with one attached hydrogen (secondary N) is 2. The lowest BCUT2D eigenvalue weighted by Gasteiger charge is -2.29. The molecule has 184 valence electrons. The Hall–Kier alpha value is -2.80. The van der Waals surface area contributed by atoms with E-state index in [1.54, 1.807) is 31.1 Å². The molecule has 1 aromatic heterocycles. The monoisotopic (exact) mass is 516 g/mol. The molecule has 1 aliphatic heterocycles. The molecule has 2 N–H and O–H groups in total. The zero-order chi connectivity index (χ0) is 24.8. The van der Waals surface area contributed by atoms with Crippen LogP contribution in [0.4, 0.5) is 20.2 Å². The largest absolute Gasteiger partial charge is 0.433 e. The van der Waals surface area contributed by atoms with Crippen molar-refractivity contribution < 1.29 is 32.6 Å². The van der Waals surface area contributed by atoms with Crippen LogP contribution in [-0.2, 0) is 14.3 Å². The van der Waals surface area contributed by atoms with Gasteiger partial charge in [-0.2, -0.15) is 8.78 Å². The van der Waals surface area contributed by atoms with Crippen molar-refractivity contribution in [1.82, 2.24) is 10.2 Å². The SMILES string of the molecule is CN(C)[C@H](CNC(=O)c1ccc(Cl)s1)C(=O)Nc1ccc(N2CCOCC2=O)c(OC(F)F)c1. The second kappa shape index (κ2) is 11.6. The van der Waals surface area contributed by atoms with Gasteiger partial charge in [0.1, 0.15) is 12.6 Å². The van der Waals surface area contributed by atoms with Gasteiger partial charge in [0.25, 0.3) is 11.8 Å². The predicted octanol–water partition coefficient (Wildman–Crippen LogP) is 2.66. The number of anilines is 2. The van der Waals surface area contributed by atoms with E-state index in [2.05, 4.69) is 15.4 Å². The number of amides is 3. The summed E-state index contributed by atoms with van der Waals surface area (Å²) in [4.78, 5) is 40.6. The minimum atomic E-state index is -3.13. The molecule has 1 atom stereocenters. The summed E-state index contributed by atoms with van der Waals surface area (Å²) in [6.45, 7) is -2.86. The van der Waals surface area contributed by atoms with E-state index in [1.165, 1.54) is 23.1 Å². The first-order valence-electron chi connectivity index (χ1n) is 10.1. The molecule has 3 rings (SSSR count). The summed E-state index contributed by atoms with van der Waals surface area (Å²) in [6, 6.07) is 6.54. The third-order valence-electron chi connectivity index (χ3n) is 4.90. The van der Waals surface area contributed by atoms with Gasteiger partial charge in [0.2, 0.25) is 5.91 Å². The van der Waals surface area contributed by atoms with Crippen LogP contribution in [0.5, 0.6) is 5.75 Å². The van der Waals surface area contributed by atoms with Crippen LogP contribution in [0.15, 0.2) is 30.3 Å². The van der Waals surface area contributed by atoms with Crippen molar-refractivity contribution in [2.45, 2.75) is 12.7 Å². The summed E-state index contributed by atoms with van der Waals surface area (Å²) >= 11 is 6.97. The lowest BCUT2D eigenvalue weighted by atomic mass is 10.2. The van der Waals surface area contributed by atoms with E-state index < -0.39 is 24.5 Å². The number of alkyl halides is 2. The van der Waals surface area contributed by atoms with Crippen LogP contribution in [0.1, 0.15) is 9.67 Å². The Balaban J connectivity index is 1.73. The number of rotatable bonds is 9. The van der Waals surface area contributed by atoms with Gasteiger partial charge >= 0.3 is 6.61 Å². The van der Waals surface area contributed by atoms with Gasteiger partial charge in [-0.25, -0.2) is 0 Å². The first-order chi connectivity index (χ1) is 16.2. The first kappa shape index (κ1) is 25.8. The molecule has 0 aliphatic carbocycles. The van der Waals surface area contributed by atoms with E-state index in [0.717, 1.165) is 11.3 Å². The van der Waals surface area contributed by atoms with Gasteiger partial charge in [-0.1, -0.05) is 11.6 Å². The molecule has 0 radical (unpaired) electrons. The number of likely N-dealkylation sites (N-methyl/N-ethyl adjacent to an activating group) is 1. The van der Waals surface area contributed by atoms with Crippen molar-refractivity contribution in [2.75, 3.05) is 50.6 Å². The number of benzene rings is 1. The molecular weight excluding hydrogens is 494 g/mol. The van der Waals surface area contributed by atoms with Gasteiger partial charge < -0.3 is 25.0 Å². The molecule has 1 fully saturated rings. The molecule has 0 unspecified atom stereocenters. The molecule has 34 heavy (non-hydrogen) atoms. The highest BCUT2D eigenvalue weighted by molar-refractivity contribution is 7.18. The highest BCUT2D eigenvalue weighted by atomic mass is 35.5. The average molecular weight is 517 g/mol. The third kappa shape index (κ3) is 6.63. The lowest BCUT2D eigenvalue weighted by Crippen LogP contribution is -2.47.